The molecule has 2 N–H and O–H groups in total. The molecule has 0 aromatic carbocycles. The molecule has 0 aromatic rings. The molecule has 130 valence electrons. The maximum atomic E-state index is 10.3. The predicted octanol–water partition coefficient (Wildman–Crippen LogP) is 5.19. The monoisotopic (exact) mass is 320 g/mol. The summed E-state index contributed by atoms with van der Waals surface area (Å²) in [6.45, 7) is 2.18. The minimum atomic E-state index is -0.733. The summed E-state index contributed by atoms with van der Waals surface area (Å²) in [6, 6.07) is 0. The molecule has 23 heavy (non-hydrogen) atoms. The van der Waals surface area contributed by atoms with Crippen molar-refractivity contribution in [1.82, 2.24) is 0 Å². The van der Waals surface area contributed by atoms with Crippen LogP contribution in [0.15, 0.2) is 48.6 Å². The fourth-order valence-corrected chi connectivity index (χ4v) is 1.96. The van der Waals surface area contributed by atoms with Gasteiger partial charge in [-0.1, -0.05) is 68.4 Å². The molecular formula is C20H32O3. The van der Waals surface area contributed by atoms with Gasteiger partial charge in [-0.25, -0.2) is 0 Å². The van der Waals surface area contributed by atoms with Gasteiger partial charge in [-0.05, 0) is 38.5 Å². The molecule has 0 saturated heterocycles. The van der Waals surface area contributed by atoms with Crippen LogP contribution >= 0.6 is 0 Å². The number of rotatable bonds is 14. The van der Waals surface area contributed by atoms with Crippen molar-refractivity contribution in [2.24, 2.45) is 0 Å². The summed E-state index contributed by atoms with van der Waals surface area (Å²) in [5.41, 5.74) is 0. The van der Waals surface area contributed by atoms with E-state index in [1.165, 1.54) is 19.3 Å². The van der Waals surface area contributed by atoms with Crippen LogP contribution in [0.25, 0.3) is 0 Å². The average molecular weight is 320 g/mol. The van der Waals surface area contributed by atoms with Gasteiger partial charge in [0.05, 0.1) is 6.10 Å². The van der Waals surface area contributed by atoms with Crippen LogP contribution in [0.1, 0.15) is 64.7 Å². The van der Waals surface area contributed by atoms with Crippen LogP contribution in [0.4, 0.5) is 0 Å². The van der Waals surface area contributed by atoms with E-state index in [-0.39, 0.29) is 6.42 Å². The van der Waals surface area contributed by atoms with E-state index in [4.69, 9.17) is 5.11 Å². The van der Waals surface area contributed by atoms with E-state index in [0.29, 0.717) is 6.42 Å². The Hall–Kier alpha value is -1.61. The third kappa shape index (κ3) is 18.3. The molecular weight excluding hydrogens is 288 g/mol. The molecule has 0 aromatic heterocycles. The molecule has 0 rings (SSSR count). The van der Waals surface area contributed by atoms with E-state index in [9.17, 15) is 9.90 Å². The number of carbonyl (C=O) groups is 1. The van der Waals surface area contributed by atoms with E-state index in [2.05, 4.69) is 31.2 Å². The van der Waals surface area contributed by atoms with Crippen molar-refractivity contribution in [2.45, 2.75) is 70.8 Å². The number of aliphatic hydroxyl groups is 1. The van der Waals surface area contributed by atoms with Crippen LogP contribution in [-0.2, 0) is 4.79 Å². The van der Waals surface area contributed by atoms with Crippen LogP contribution in [0.5, 0.6) is 0 Å². The second kappa shape index (κ2) is 16.8. The van der Waals surface area contributed by atoms with Gasteiger partial charge < -0.3 is 10.2 Å². The summed E-state index contributed by atoms with van der Waals surface area (Å²) >= 11 is 0. The standard InChI is InChI=1S/C20H32O3/c1-2-3-4-10-13-16-19(21)17-14-11-8-6-5-7-9-12-15-18-20(22)23/h6-9,13-14,16-17,19,21H,2-5,10-12,15,18H2,1H3,(H,22,23)/b8-6-,9-7-,16-13-,17-14-. The highest BCUT2D eigenvalue weighted by Crippen LogP contribution is 2.02. The van der Waals surface area contributed by atoms with Crippen molar-refractivity contribution in [2.75, 3.05) is 0 Å². The highest BCUT2D eigenvalue weighted by molar-refractivity contribution is 5.66. The maximum absolute atomic E-state index is 10.3. The zero-order chi connectivity index (χ0) is 17.2. The highest BCUT2D eigenvalue weighted by Gasteiger charge is 1.92. The van der Waals surface area contributed by atoms with E-state index in [1.807, 2.05) is 24.3 Å². The second-order valence-corrected chi connectivity index (χ2v) is 5.54. The summed E-state index contributed by atoms with van der Waals surface area (Å²) in [5.74, 6) is -0.733. The fraction of sp³-hybridized carbons (Fsp3) is 0.550. The summed E-state index contributed by atoms with van der Waals surface area (Å²) in [6.07, 6.45) is 23.5. The molecule has 0 aliphatic rings. The number of hydrogen-bond acceptors (Lipinski definition) is 2. The largest absolute Gasteiger partial charge is 0.481 e. The molecule has 0 aliphatic heterocycles. The fourth-order valence-electron chi connectivity index (χ4n) is 1.96. The molecule has 0 amide bonds. The van der Waals surface area contributed by atoms with Crippen molar-refractivity contribution in [1.29, 1.82) is 0 Å². The topological polar surface area (TPSA) is 57.5 Å². The Morgan fingerprint density at radius 2 is 1.48 bits per heavy atom. The Morgan fingerprint density at radius 3 is 2.17 bits per heavy atom. The predicted molar refractivity (Wildman–Crippen MR) is 97.4 cm³/mol. The van der Waals surface area contributed by atoms with Crippen molar-refractivity contribution in [3.05, 3.63) is 48.6 Å². The highest BCUT2D eigenvalue weighted by atomic mass is 16.4. The van der Waals surface area contributed by atoms with Gasteiger partial charge in [0.25, 0.3) is 0 Å². The van der Waals surface area contributed by atoms with Crippen molar-refractivity contribution >= 4 is 5.97 Å². The normalized spacial score (nSPS) is 13.8. The van der Waals surface area contributed by atoms with Crippen molar-refractivity contribution < 1.29 is 15.0 Å². The SMILES string of the molecule is CCCCC/C=C\C(O)/C=C\C/C=C\C/C=C\CCCC(=O)O. The Kier molecular flexibility index (Phi) is 15.6. The van der Waals surface area contributed by atoms with Gasteiger partial charge in [-0.3, -0.25) is 4.79 Å². The lowest BCUT2D eigenvalue weighted by Crippen LogP contribution is -1.95. The van der Waals surface area contributed by atoms with Crippen LogP contribution < -0.4 is 0 Å². The van der Waals surface area contributed by atoms with Crippen LogP contribution in [0.3, 0.4) is 0 Å². The Balaban J connectivity index is 3.60. The van der Waals surface area contributed by atoms with Gasteiger partial charge in [-0.2, -0.15) is 0 Å². The Bertz CT molecular complexity index is 392. The maximum Gasteiger partial charge on any atom is 0.303 e. The van der Waals surface area contributed by atoms with Gasteiger partial charge in [0.15, 0.2) is 0 Å². The first-order valence-corrected chi connectivity index (χ1v) is 8.70. The molecule has 3 heteroatoms. The number of carboxylic acids is 1. The quantitative estimate of drug-likeness (QED) is 0.342. The summed E-state index contributed by atoms with van der Waals surface area (Å²) < 4.78 is 0. The van der Waals surface area contributed by atoms with E-state index in [1.54, 1.807) is 0 Å². The number of allylic oxidation sites excluding steroid dienone is 6. The van der Waals surface area contributed by atoms with Gasteiger partial charge in [0.1, 0.15) is 0 Å². The van der Waals surface area contributed by atoms with Gasteiger partial charge in [0.2, 0.25) is 0 Å². The molecule has 0 heterocycles. The summed E-state index contributed by atoms with van der Waals surface area (Å²) in [5, 5.41) is 18.2. The van der Waals surface area contributed by atoms with E-state index >= 15 is 0 Å². The molecule has 3 nitrogen and oxygen atoms in total. The first kappa shape index (κ1) is 21.4. The average Bonchev–Trinajstić information content (AvgIpc) is 2.52. The van der Waals surface area contributed by atoms with Crippen LogP contribution in [-0.4, -0.2) is 22.3 Å². The minimum Gasteiger partial charge on any atom is -0.481 e. The molecule has 0 fully saturated rings. The van der Waals surface area contributed by atoms with Gasteiger partial charge >= 0.3 is 5.97 Å². The number of unbranched alkanes of at least 4 members (excludes halogenated alkanes) is 4. The van der Waals surface area contributed by atoms with Gasteiger partial charge in [-0.15, -0.1) is 0 Å². The van der Waals surface area contributed by atoms with Crippen LogP contribution in [0.2, 0.25) is 0 Å². The lowest BCUT2D eigenvalue weighted by atomic mass is 10.2. The molecule has 0 aliphatic carbocycles. The Labute approximate surface area is 141 Å². The number of carboxylic acid groups (broad SMARTS) is 1. The van der Waals surface area contributed by atoms with Crippen molar-refractivity contribution in [3.8, 4) is 0 Å². The third-order valence-corrected chi connectivity index (χ3v) is 3.28. The smallest absolute Gasteiger partial charge is 0.303 e. The second-order valence-electron chi connectivity index (χ2n) is 5.54. The third-order valence-electron chi connectivity index (χ3n) is 3.28. The molecule has 0 saturated carbocycles. The Morgan fingerprint density at radius 1 is 0.870 bits per heavy atom. The first-order valence-electron chi connectivity index (χ1n) is 8.70. The zero-order valence-corrected chi connectivity index (χ0v) is 14.4. The molecule has 0 bridgehead atoms. The molecule has 1 unspecified atom stereocenters. The first-order chi connectivity index (χ1) is 11.2. The molecule has 1 atom stereocenters. The van der Waals surface area contributed by atoms with E-state index < -0.39 is 12.1 Å². The number of aliphatic hydroxyl groups excluding tert-OH is 1. The molecule has 0 spiro atoms. The lowest BCUT2D eigenvalue weighted by molar-refractivity contribution is -0.137. The number of aliphatic carboxylic acids is 1. The lowest BCUT2D eigenvalue weighted by Gasteiger charge is -1.97. The molecule has 0 radical (unpaired) electrons. The zero-order valence-electron chi connectivity index (χ0n) is 14.4. The number of hydrogen-bond donors (Lipinski definition) is 2. The summed E-state index contributed by atoms with van der Waals surface area (Å²) in [4.78, 5) is 10.3. The summed E-state index contributed by atoms with van der Waals surface area (Å²) in [7, 11) is 0. The van der Waals surface area contributed by atoms with Gasteiger partial charge in [0, 0.05) is 6.42 Å². The minimum absolute atomic E-state index is 0.236. The van der Waals surface area contributed by atoms with Crippen LogP contribution in [0, 0.1) is 0 Å². The van der Waals surface area contributed by atoms with Crippen molar-refractivity contribution in [3.63, 3.8) is 0 Å². The van der Waals surface area contributed by atoms with E-state index in [0.717, 1.165) is 25.7 Å².